The molecule has 0 rings (SSSR count). The number of ether oxygens (including phenoxy) is 1. The molecule has 0 aromatic carbocycles. The number of carbonyl (C=O) groups excluding carboxylic acids is 1. The first-order valence-electron chi connectivity index (χ1n) is 9.80. The van der Waals surface area contributed by atoms with E-state index in [0.29, 0.717) is 0 Å². The Morgan fingerprint density at radius 2 is 1.68 bits per heavy atom. The summed E-state index contributed by atoms with van der Waals surface area (Å²) in [7, 11) is 0. The third kappa shape index (κ3) is 17.0. The molecule has 0 aliphatic carbocycles. The van der Waals surface area contributed by atoms with E-state index in [4.69, 9.17) is 9.84 Å². The Bertz CT molecular complexity index is 387. The highest BCUT2D eigenvalue weighted by molar-refractivity contribution is 5.81. The lowest BCUT2D eigenvalue weighted by Crippen LogP contribution is -2.16. The third-order valence-corrected chi connectivity index (χ3v) is 4.16. The van der Waals surface area contributed by atoms with Crippen LogP contribution in [0.15, 0.2) is 24.8 Å². The van der Waals surface area contributed by atoms with Crippen LogP contribution in [0, 0.1) is 0 Å². The molecule has 0 radical (unpaired) electrons. The first kappa shape index (κ1) is 23.4. The van der Waals surface area contributed by atoms with Crippen molar-refractivity contribution in [2.45, 2.75) is 96.5 Å². The molecular weight excluding hydrogens is 316 g/mol. The zero-order valence-corrected chi connectivity index (χ0v) is 15.9. The molecule has 0 saturated heterocycles. The van der Waals surface area contributed by atoms with E-state index >= 15 is 0 Å². The number of esters is 1. The van der Waals surface area contributed by atoms with Crippen LogP contribution in [0.3, 0.4) is 0 Å². The van der Waals surface area contributed by atoms with E-state index < -0.39 is 5.97 Å². The van der Waals surface area contributed by atoms with Crippen molar-refractivity contribution in [3.8, 4) is 0 Å². The number of allylic oxidation sites excluding steroid dienone is 1. The highest BCUT2D eigenvalue weighted by Crippen LogP contribution is 2.13. The van der Waals surface area contributed by atoms with Gasteiger partial charge in [0.2, 0.25) is 0 Å². The summed E-state index contributed by atoms with van der Waals surface area (Å²) in [6.07, 6.45) is 18.3. The molecular formula is C21H36O4. The van der Waals surface area contributed by atoms with Crippen molar-refractivity contribution < 1.29 is 19.4 Å². The Morgan fingerprint density at radius 1 is 1.00 bits per heavy atom. The number of hydrogen-bond acceptors (Lipinski definition) is 3. The van der Waals surface area contributed by atoms with Gasteiger partial charge in [-0.05, 0) is 32.1 Å². The molecule has 0 aliphatic heterocycles. The SMILES string of the molecule is C=CC(=O)O[C@@H](C/C=C\CCCCCCCC(=O)O)CCCCCC. The summed E-state index contributed by atoms with van der Waals surface area (Å²) in [6, 6.07) is 0. The van der Waals surface area contributed by atoms with Crippen LogP contribution in [0.2, 0.25) is 0 Å². The van der Waals surface area contributed by atoms with Crippen LogP contribution < -0.4 is 0 Å². The van der Waals surface area contributed by atoms with Crippen molar-refractivity contribution >= 4 is 11.9 Å². The minimum Gasteiger partial charge on any atom is -0.481 e. The van der Waals surface area contributed by atoms with Gasteiger partial charge in [0.1, 0.15) is 6.10 Å². The van der Waals surface area contributed by atoms with Gasteiger partial charge in [-0.2, -0.15) is 0 Å². The molecule has 4 nitrogen and oxygen atoms in total. The summed E-state index contributed by atoms with van der Waals surface area (Å²) in [5.41, 5.74) is 0. The molecule has 0 unspecified atom stereocenters. The average molecular weight is 353 g/mol. The van der Waals surface area contributed by atoms with Crippen LogP contribution in [0.1, 0.15) is 90.4 Å². The first-order valence-corrected chi connectivity index (χ1v) is 9.80. The summed E-state index contributed by atoms with van der Waals surface area (Å²) < 4.78 is 5.41. The molecule has 0 aromatic rings. The maximum Gasteiger partial charge on any atom is 0.330 e. The van der Waals surface area contributed by atoms with E-state index in [1.807, 2.05) is 0 Å². The van der Waals surface area contributed by atoms with Gasteiger partial charge in [0.15, 0.2) is 0 Å². The maximum absolute atomic E-state index is 11.4. The fourth-order valence-corrected chi connectivity index (χ4v) is 2.67. The van der Waals surface area contributed by atoms with Gasteiger partial charge in [-0.3, -0.25) is 4.79 Å². The summed E-state index contributed by atoms with van der Waals surface area (Å²) in [5.74, 6) is -1.04. The van der Waals surface area contributed by atoms with E-state index in [0.717, 1.165) is 57.8 Å². The molecule has 4 heteroatoms. The van der Waals surface area contributed by atoms with Crippen LogP contribution in [0.25, 0.3) is 0 Å². The number of carbonyl (C=O) groups is 2. The van der Waals surface area contributed by atoms with Gasteiger partial charge in [-0.25, -0.2) is 4.79 Å². The molecule has 0 aromatic heterocycles. The minimum absolute atomic E-state index is 0.0466. The number of aliphatic carboxylic acids is 1. The molecule has 0 heterocycles. The van der Waals surface area contributed by atoms with Crippen molar-refractivity contribution in [2.24, 2.45) is 0 Å². The van der Waals surface area contributed by atoms with E-state index in [1.54, 1.807) is 0 Å². The number of carboxylic acids is 1. The summed E-state index contributed by atoms with van der Waals surface area (Å²) in [5, 5.41) is 8.56. The van der Waals surface area contributed by atoms with Gasteiger partial charge in [0.05, 0.1) is 0 Å². The summed E-state index contributed by atoms with van der Waals surface area (Å²) >= 11 is 0. The fourth-order valence-electron chi connectivity index (χ4n) is 2.67. The fraction of sp³-hybridized carbons (Fsp3) is 0.714. The van der Waals surface area contributed by atoms with Crippen molar-refractivity contribution in [1.29, 1.82) is 0 Å². The van der Waals surface area contributed by atoms with E-state index in [-0.39, 0.29) is 18.5 Å². The lowest BCUT2D eigenvalue weighted by molar-refractivity contribution is -0.143. The molecule has 1 N–H and O–H groups in total. The quantitative estimate of drug-likeness (QED) is 0.155. The molecule has 0 saturated carbocycles. The smallest absolute Gasteiger partial charge is 0.330 e. The van der Waals surface area contributed by atoms with Crippen molar-refractivity contribution in [3.05, 3.63) is 24.8 Å². The van der Waals surface area contributed by atoms with Crippen LogP contribution in [0.5, 0.6) is 0 Å². The largest absolute Gasteiger partial charge is 0.481 e. The summed E-state index contributed by atoms with van der Waals surface area (Å²) in [6.45, 7) is 5.64. The normalized spacial score (nSPS) is 12.2. The molecule has 1 atom stereocenters. The van der Waals surface area contributed by atoms with E-state index in [2.05, 4.69) is 25.7 Å². The molecule has 0 aliphatic rings. The lowest BCUT2D eigenvalue weighted by Gasteiger charge is -2.15. The summed E-state index contributed by atoms with van der Waals surface area (Å²) in [4.78, 5) is 21.8. The predicted octanol–water partition coefficient (Wildman–Crippen LogP) is 5.82. The Hall–Kier alpha value is -1.58. The maximum atomic E-state index is 11.4. The lowest BCUT2D eigenvalue weighted by atomic mass is 10.1. The van der Waals surface area contributed by atoms with Crippen molar-refractivity contribution in [2.75, 3.05) is 0 Å². The molecule has 144 valence electrons. The van der Waals surface area contributed by atoms with Gasteiger partial charge in [-0.1, -0.05) is 64.2 Å². The van der Waals surface area contributed by atoms with Crippen LogP contribution in [-0.4, -0.2) is 23.1 Å². The predicted molar refractivity (Wildman–Crippen MR) is 103 cm³/mol. The van der Waals surface area contributed by atoms with E-state index in [1.165, 1.54) is 25.3 Å². The Kier molecular flexibility index (Phi) is 16.2. The number of carboxylic acid groups (broad SMARTS) is 1. The second-order valence-electron chi connectivity index (χ2n) is 6.52. The second-order valence-corrected chi connectivity index (χ2v) is 6.52. The van der Waals surface area contributed by atoms with Crippen molar-refractivity contribution in [3.63, 3.8) is 0 Å². The molecule has 0 amide bonds. The van der Waals surface area contributed by atoms with Crippen LogP contribution >= 0.6 is 0 Å². The van der Waals surface area contributed by atoms with Gasteiger partial charge >= 0.3 is 11.9 Å². The number of rotatable bonds is 17. The minimum atomic E-state index is -0.704. The van der Waals surface area contributed by atoms with Gasteiger partial charge < -0.3 is 9.84 Å². The molecule has 0 fully saturated rings. The monoisotopic (exact) mass is 352 g/mol. The highest BCUT2D eigenvalue weighted by atomic mass is 16.5. The van der Waals surface area contributed by atoms with Crippen LogP contribution in [0.4, 0.5) is 0 Å². The Morgan fingerprint density at radius 3 is 2.36 bits per heavy atom. The third-order valence-electron chi connectivity index (χ3n) is 4.16. The standard InChI is InChI=1S/C21H36O4/c1-3-5-6-13-16-19(25-21(24)4-2)17-14-11-9-7-8-10-12-15-18-20(22)23/h4,11,14,19H,2-3,5-10,12-13,15-18H2,1H3,(H,22,23)/b14-11-/t19-/m1/s1. The molecule has 0 spiro atoms. The molecule has 25 heavy (non-hydrogen) atoms. The Balaban J connectivity index is 3.81. The second kappa shape index (κ2) is 17.2. The Labute approximate surface area is 153 Å². The first-order chi connectivity index (χ1) is 12.1. The van der Waals surface area contributed by atoms with Crippen molar-refractivity contribution in [1.82, 2.24) is 0 Å². The topological polar surface area (TPSA) is 63.6 Å². The zero-order valence-electron chi connectivity index (χ0n) is 15.9. The number of hydrogen-bond donors (Lipinski definition) is 1. The zero-order chi connectivity index (χ0) is 18.8. The van der Waals surface area contributed by atoms with E-state index in [9.17, 15) is 9.59 Å². The molecule has 0 bridgehead atoms. The van der Waals surface area contributed by atoms with Crippen LogP contribution in [-0.2, 0) is 14.3 Å². The number of unbranched alkanes of at least 4 members (excludes halogenated alkanes) is 8. The highest BCUT2D eigenvalue weighted by Gasteiger charge is 2.10. The average Bonchev–Trinajstić information content (AvgIpc) is 2.59. The van der Waals surface area contributed by atoms with Gasteiger partial charge in [0.25, 0.3) is 0 Å². The van der Waals surface area contributed by atoms with Gasteiger partial charge in [-0.15, -0.1) is 0 Å². The van der Waals surface area contributed by atoms with Gasteiger partial charge in [0, 0.05) is 18.9 Å².